The van der Waals surface area contributed by atoms with E-state index in [0.717, 1.165) is 25.9 Å². The van der Waals surface area contributed by atoms with Crippen LogP contribution in [0.4, 0.5) is 5.69 Å². The number of hydrogen-bond donors (Lipinski definition) is 3. The lowest BCUT2D eigenvalue weighted by atomic mass is 10.0. The van der Waals surface area contributed by atoms with Gasteiger partial charge in [0.05, 0.1) is 18.0 Å². The molecule has 0 atom stereocenters. The lowest BCUT2D eigenvalue weighted by molar-refractivity contribution is 0.0535. The number of nitrogens with one attached hydrogen (secondary N) is 1. The van der Waals surface area contributed by atoms with Crippen LogP contribution in [-0.4, -0.2) is 70.3 Å². The van der Waals surface area contributed by atoms with Gasteiger partial charge in [0.15, 0.2) is 5.69 Å². The number of aliphatic hydroxyl groups is 1. The number of aryl methyl sites for hydroxylation is 1. The van der Waals surface area contributed by atoms with Gasteiger partial charge in [-0.1, -0.05) is 0 Å². The molecule has 7 heteroatoms. The van der Waals surface area contributed by atoms with E-state index in [1.54, 1.807) is 11.8 Å². The van der Waals surface area contributed by atoms with Gasteiger partial charge in [-0.15, -0.1) is 0 Å². The molecule has 0 aromatic carbocycles. The molecule has 0 aliphatic carbocycles. The maximum Gasteiger partial charge on any atom is 0.276 e. The molecule has 2 heterocycles. The number of nitrogen functional groups attached to an aromatic ring is 1. The van der Waals surface area contributed by atoms with Crippen molar-refractivity contribution < 1.29 is 9.90 Å². The van der Waals surface area contributed by atoms with Crippen LogP contribution in [0.1, 0.15) is 29.0 Å². The highest BCUT2D eigenvalue weighted by Gasteiger charge is 2.29. The number of nitrogens with two attached hydrogens (primary N) is 1. The first-order valence-corrected chi connectivity index (χ1v) is 6.95. The zero-order chi connectivity index (χ0) is 14.7. The summed E-state index contributed by atoms with van der Waals surface area (Å²) in [6.45, 7) is 3.95. The van der Waals surface area contributed by atoms with Crippen LogP contribution in [-0.2, 0) is 0 Å². The van der Waals surface area contributed by atoms with E-state index < -0.39 is 0 Å². The first kappa shape index (κ1) is 14.8. The number of amides is 1. The summed E-state index contributed by atoms with van der Waals surface area (Å²) in [6.07, 6.45) is 1.82. The summed E-state index contributed by atoms with van der Waals surface area (Å²) in [6, 6.07) is 0.141. The number of H-pyrrole nitrogens is 1. The number of likely N-dealkylation sites (tertiary alicyclic amines) is 1. The molecule has 1 aromatic heterocycles. The smallest absolute Gasteiger partial charge is 0.276 e. The number of carbonyl (C=O) groups is 1. The number of nitrogens with zero attached hydrogens (tertiary/aromatic N) is 3. The van der Waals surface area contributed by atoms with Crippen LogP contribution in [0.2, 0.25) is 0 Å². The van der Waals surface area contributed by atoms with Crippen molar-refractivity contribution in [1.82, 2.24) is 20.0 Å². The Kier molecular flexibility index (Phi) is 4.61. The number of aliphatic hydroxyl groups excluding tert-OH is 1. The molecule has 7 nitrogen and oxygen atoms in total. The van der Waals surface area contributed by atoms with Gasteiger partial charge >= 0.3 is 0 Å². The Bertz CT molecular complexity index is 465. The highest BCUT2D eigenvalue weighted by Crippen LogP contribution is 2.20. The topological polar surface area (TPSA) is 98.5 Å². The number of anilines is 1. The maximum absolute atomic E-state index is 12.6. The van der Waals surface area contributed by atoms with Crippen molar-refractivity contribution in [3.63, 3.8) is 0 Å². The van der Waals surface area contributed by atoms with Crippen LogP contribution in [0, 0.1) is 6.92 Å². The summed E-state index contributed by atoms with van der Waals surface area (Å²) < 4.78 is 0. The molecule has 1 aromatic rings. The third kappa shape index (κ3) is 2.94. The Hall–Kier alpha value is -1.60. The van der Waals surface area contributed by atoms with Gasteiger partial charge in [0, 0.05) is 12.6 Å². The predicted molar refractivity (Wildman–Crippen MR) is 76.4 cm³/mol. The van der Waals surface area contributed by atoms with E-state index >= 15 is 0 Å². The van der Waals surface area contributed by atoms with Crippen molar-refractivity contribution in [2.75, 3.05) is 39.0 Å². The predicted octanol–water partition coefficient (Wildman–Crippen LogP) is -0.171. The van der Waals surface area contributed by atoms with Crippen molar-refractivity contribution in [3.8, 4) is 0 Å². The van der Waals surface area contributed by atoms with Crippen molar-refractivity contribution in [2.45, 2.75) is 25.8 Å². The molecular formula is C13H23N5O2. The molecule has 4 N–H and O–H groups in total. The number of hydrogen-bond acceptors (Lipinski definition) is 5. The highest BCUT2D eigenvalue weighted by molar-refractivity contribution is 5.97. The first-order chi connectivity index (χ1) is 9.54. The molecule has 1 aliphatic rings. The minimum absolute atomic E-state index is 0.0542. The van der Waals surface area contributed by atoms with E-state index in [9.17, 15) is 9.90 Å². The molecule has 1 aliphatic heterocycles. The average Bonchev–Trinajstić information content (AvgIpc) is 2.77. The van der Waals surface area contributed by atoms with Crippen molar-refractivity contribution in [2.24, 2.45) is 0 Å². The molecule has 1 amide bonds. The maximum atomic E-state index is 12.6. The second kappa shape index (κ2) is 6.23. The van der Waals surface area contributed by atoms with Gasteiger partial charge in [-0.2, -0.15) is 5.10 Å². The fourth-order valence-corrected chi connectivity index (χ4v) is 2.60. The van der Waals surface area contributed by atoms with E-state index in [4.69, 9.17) is 5.73 Å². The minimum atomic E-state index is -0.199. The summed E-state index contributed by atoms with van der Waals surface area (Å²) in [5.74, 6) is -0.199. The van der Waals surface area contributed by atoms with Gasteiger partial charge in [-0.25, -0.2) is 0 Å². The summed E-state index contributed by atoms with van der Waals surface area (Å²) in [7, 11) is 2.07. The van der Waals surface area contributed by atoms with Crippen LogP contribution in [0.15, 0.2) is 0 Å². The molecule has 112 valence electrons. The molecule has 0 spiro atoms. The van der Waals surface area contributed by atoms with E-state index in [2.05, 4.69) is 22.1 Å². The Labute approximate surface area is 118 Å². The van der Waals surface area contributed by atoms with Gasteiger partial charge in [0.25, 0.3) is 5.91 Å². The zero-order valence-electron chi connectivity index (χ0n) is 12.1. The average molecular weight is 281 g/mol. The number of aromatic nitrogens is 2. The molecule has 2 rings (SSSR count). The first-order valence-electron chi connectivity index (χ1n) is 6.95. The van der Waals surface area contributed by atoms with Gasteiger partial charge in [-0.05, 0) is 39.9 Å². The van der Waals surface area contributed by atoms with Crippen molar-refractivity contribution in [1.29, 1.82) is 0 Å². The summed E-state index contributed by atoms with van der Waals surface area (Å²) in [4.78, 5) is 16.5. The van der Waals surface area contributed by atoms with Crippen LogP contribution in [0.25, 0.3) is 0 Å². The molecule has 0 saturated carbocycles. The standard InChI is InChI=1S/C13H23N5O2/c1-9-11(14)12(16-15-9)13(20)18(7-8-19)10-3-5-17(2)6-4-10/h10,19H,3-8,14H2,1-2H3,(H,15,16). The molecule has 20 heavy (non-hydrogen) atoms. The zero-order valence-corrected chi connectivity index (χ0v) is 12.1. The molecule has 1 saturated heterocycles. The van der Waals surface area contributed by atoms with Gasteiger partial charge in [0.1, 0.15) is 0 Å². The molecule has 0 radical (unpaired) electrons. The fourth-order valence-electron chi connectivity index (χ4n) is 2.60. The molecular weight excluding hydrogens is 258 g/mol. The summed E-state index contributed by atoms with van der Waals surface area (Å²) in [5, 5.41) is 16.0. The quantitative estimate of drug-likeness (QED) is 0.711. The monoisotopic (exact) mass is 281 g/mol. The SMILES string of the molecule is Cc1[nH]nc(C(=O)N(CCO)C2CCN(C)CC2)c1N. The molecule has 0 bridgehead atoms. The Balaban J connectivity index is 2.15. The van der Waals surface area contributed by atoms with Gasteiger partial charge in [0.2, 0.25) is 0 Å². The minimum Gasteiger partial charge on any atom is -0.395 e. The second-order valence-electron chi connectivity index (χ2n) is 5.37. The Morgan fingerprint density at radius 3 is 2.70 bits per heavy atom. The fraction of sp³-hybridized carbons (Fsp3) is 0.692. The van der Waals surface area contributed by atoms with Gasteiger partial charge < -0.3 is 20.6 Å². The van der Waals surface area contributed by atoms with E-state index in [0.29, 0.717) is 17.9 Å². The van der Waals surface area contributed by atoms with E-state index in [1.807, 2.05) is 0 Å². The van der Waals surface area contributed by atoms with Crippen LogP contribution in [0.5, 0.6) is 0 Å². The van der Waals surface area contributed by atoms with Crippen LogP contribution >= 0.6 is 0 Å². The Morgan fingerprint density at radius 1 is 1.55 bits per heavy atom. The lowest BCUT2D eigenvalue weighted by Gasteiger charge is -2.36. The summed E-state index contributed by atoms with van der Waals surface area (Å²) >= 11 is 0. The van der Waals surface area contributed by atoms with Crippen molar-refractivity contribution in [3.05, 3.63) is 11.4 Å². The summed E-state index contributed by atoms with van der Waals surface area (Å²) in [5.41, 5.74) is 7.23. The number of piperidine rings is 1. The second-order valence-corrected chi connectivity index (χ2v) is 5.37. The largest absolute Gasteiger partial charge is 0.395 e. The molecule has 0 unspecified atom stereocenters. The van der Waals surface area contributed by atoms with Crippen LogP contribution < -0.4 is 5.73 Å². The normalized spacial score (nSPS) is 17.4. The van der Waals surface area contributed by atoms with Crippen molar-refractivity contribution >= 4 is 11.6 Å². The number of rotatable bonds is 4. The number of aromatic amines is 1. The van der Waals surface area contributed by atoms with Gasteiger partial charge in [-0.3, -0.25) is 9.89 Å². The lowest BCUT2D eigenvalue weighted by Crippen LogP contribution is -2.47. The molecule has 1 fully saturated rings. The third-order valence-electron chi connectivity index (χ3n) is 3.93. The highest BCUT2D eigenvalue weighted by atomic mass is 16.3. The van der Waals surface area contributed by atoms with Crippen LogP contribution in [0.3, 0.4) is 0 Å². The Morgan fingerprint density at radius 2 is 2.20 bits per heavy atom. The number of carbonyl (C=O) groups excluding carboxylic acids is 1. The third-order valence-corrected chi connectivity index (χ3v) is 3.93. The van der Waals surface area contributed by atoms with E-state index in [1.165, 1.54) is 0 Å². The van der Waals surface area contributed by atoms with E-state index in [-0.39, 0.29) is 24.2 Å².